The van der Waals surface area contributed by atoms with E-state index < -0.39 is 5.97 Å². The predicted octanol–water partition coefficient (Wildman–Crippen LogP) is 4.03. The van der Waals surface area contributed by atoms with Gasteiger partial charge >= 0.3 is 5.97 Å². The van der Waals surface area contributed by atoms with Crippen LogP contribution in [-0.2, 0) is 4.79 Å². The average Bonchev–Trinajstić information content (AvgIpc) is 2.42. The third-order valence-electron chi connectivity index (χ3n) is 3.46. The number of carbonyl (C=O) groups excluding carboxylic acids is 1. The van der Waals surface area contributed by atoms with Crippen LogP contribution < -0.4 is 0 Å². The molecule has 0 aliphatic heterocycles. The van der Waals surface area contributed by atoms with Gasteiger partial charge in [0.15, 0.2) is 5.78 Å². The molecule has 0 aromatic heterocycles. The number of carboxylic acids is 1. The number of hydrogen-bond donors (Lipinski definition) is 1. The number of carboxylic acid groups (broad SMARTS) is 1. The van der Waals surface area contributed by atoms with Crippen LogP contribution in [0, 0.1) is 0 Å². The number of rotatable bonds is 8. The van der Waals surface area contributed by atoms with Gasteiger partial charge in [0.2, 0.25) is 0 Å². The number of benzene rings is 1. The molecule has 1 unspecified atom stereocenters. The minimum Gasteiger partial charge on any atom is -0.481 e. The maximum absolute atomic E-state index is 11.9. The fourth-order valence-corrected chi connectivity index (χ4v) is 1.94. The molecule has 104 valence electrons. The highest BCUT2D eigenvalue weighted by Crippen LogP contribution is 2.19. The summed E-state index contributed by atoms with van der Waals surface area (Å²) in [5.74, 6) is -0.189. The van der Waals surface area contributed by atoms with Crippen LogP contribution in [0.3, 0.4) is 0 Å². The Labute approximate surface area is 114 Å². The summed E-state index contributed by atoms with van der Waals surface area (Å²) in [5, 5.41) is 8.52. The Morgan fingerprint density at radius 2 is 1.68 bits per heavy atom. The zero-order valence-corrected chi connectivity index (χ0v) is 11.7. The molecular formula is C16H22O3. The summed E-state index contributed by atoms with van der Waals surface area (Å²) in [6.45, 7) is 4.31. The Morgan fingerprint density at radius 1 is 1.11 bits per heavy atom. The van der Waals surface area contributed by atoms with Gasteiger partial charge in [0, 0.05) is 18.4 Å². The molecule has 1 aromatic rings. The molecule has 0 saturated carbocycles. The van der Waals surface area contributed by atoms with Gasteiger partial charge in [-0.2, -0.15) is 0 Å². The van der Waals surface area contributed by atoms with Gasteiger partial charge in [-0.1, -0.05) is 38.1 Å². The van der Waals surface area contributed by atoms with E-state index in [2.05, 4.69) is 13.8 Å². The van der Waals surface area contributed by atoms with Crippen LogP contribution in [0.4, 0.5) is 0 Å². The summed E-state index contributed by atoms with van der Waals surface area (Å²) >= 11 is 0. The van der Waals surface area contributed by atoms with E-state index in [1.54, 1.807) is 0 Å². The molecule has 0 radical (unpaired) electrons. The van der Waals surface area contributed by atoms with Gasteiger partial charge in [0.05, 0.1) is 0 Å². The number of ketones is 1. The first-order valence-corrected chi connectivity index (χ1v) is 6.89. The average molecular weight is 262 g/mol. The highest BCUT2D eigenvalue weighted by molar-refractivity contribution is 5.96. The van der Waals surface area contributed by atoms with Gasteiger partial charge in [-0.15, -0.1) is 0 Å². The van der Waals surface area contributed by atoms with Gasteiger partial charge in [-0.3, -0.25) is 9.59 Å². The second-order valence-electron chi connectivity index (χ2n) is 4.96. The first-order valence-electron chi connectivity index (χ1n) is 6.89. The molecule has 1 rings (SSSR count). The first-order chi connectivity index (χ1) is 9.04. The first kappa shape index (κ1) is 15.4. The minimum absolute atomic E-state index is 0.0982. The zero-order chi connectivity index (χ0) is 14.3. The maximum atomic E-state index is 11.9. The summed E-state index contributed by atoms with van der Waals surface area (Å²) in [7, 11) is 0. The monoisotopic (exact) mass is 262 g/mol. The quantitative estimate of drug-likeness (QED) is 0.568. The second-order valence-corrected chi connectivity index (χ2v) is 4.96. The summed E-state index contributed by atoms with van der Waals surface area (Å²) in [6.07, 6.45) is 2.85. The van der Waals surface area contributed by atoms with E-state index >= 15 is 0 Å². The van der Waals surface area contributed by atoms with E-state index in [1.807, 2.05) is 24.3 Å². The lowest BCUT2D eigenvalue weighted by Gasteiger charge is -2.09. The highest BCUT2D eigenvalue weighted by atomic mass is 16.4. The third-order valence-corrected chi connectivity index (χ3v) is 3.46. The zero-order valence-electron chi connectivity index (χ0n) is 11.7. The Balaban J connectivity index is 2.46. The Bertz CT molecular complexity index is 420. The molecule has 3 nitrogen and oxygen atoms in total. The van der Waals surface area contributed by atoms with Crippen LogP contribution in [0.15, 0.2) is 24.3 Å². The fourth-order valence-electron chi connectivity index (χ4n) is 1.94. The van der Waals surface area contributed by atoms with Gasteiger partial charge in [-0.05, 0) is 30.7 Å². The number of hydrogen-bond acceptors (Lipinski definition) is 2. The van der Waals surface area contributed by atoms with Crippen LogP contribution in [0.25, 0.3) is 0 Å². The van der Waals surface area contributed by atoms with Crippen molar-refractivity contribution in [2.24, 2.45) is 0 Å². The van der Waals surface area contributed by atoms with Crippen molar-refractivity contribution in [3.05, 3.63) is 35.4 Å². The predicted molar refractivity (Wildman–Crippen MR) is 75.6 cm³/mol. The Morgan fingerprint density at radius 3 is 2.21 bits per heavy atom. The van der Waals surface area contributed by atoms with E-state index in [1.165, 1.54) is 5.56 Å². The summed E-state index contributed by atoms with van der Waals surface area (Å²) in [4.78, 5) is 22.3. The van der Waals surface area contributed by atoms with Crippen molar-refractivity contribution >= 4 is 11.8 Å². The van der Waals surface area contributed by atoms with E-state index in [4.69, 9.17) is 5.11 Å². The standard InChI is InChI=1S/C16H22O3/c1-3-12(2)13-8-10-14(11-9-13)15(17)6-4-5-7-16(18)19/h8-12H,3-7H2,1-2H3,(H,18,19). The molecular weight excluding hydrogens is 240 g/mol. The van der Waals surface area contributed by atoms with E-state index in [0.29, 0.717) is 25.2 Å². The third kappa shape index (κ3) is 5.25. The van der Waals surface area contributed by atoms with Gasteiger partial charge in [0.1, 0.15) is 0 Å². The molecule has 0 saturated heterocycles. The SMILES string of the molecule is CCC(C)c1ccc(C(=O)CCCCC(=O)O)cc1. The second kappa shape index (κ2) is 7.72. The van der Waals surface area contributed by atoms with Crippen LogP contribution in [-0.4, -0.2) is 16.9 Å². The fraction of sp³-hybridized carbons (Fsp3) is 0.500. The number of Topliss-reactive ketones (excluding diaryl/α,β-unsaturated/α-hetero) is 1. The smallest absolute Gasteiger partial charge is 0.303 e. The summed E-state index contributed by atoms with van der Waals surface area (Å²) in [6, 6.07) is 7.78. The van der Waals surface area contributed by atoms with Crippen molar-refractivity contribution in [3.8, 4) is 0 Å². The van der Waals surface area contributed by atoms with Crippen LogP contribution in [0.2, 0.25) is 0 Å². The molecule has 1 N–H and O–H groups in total. The van der Waals surface area contributed by atoms with E-state index in [-0.39, 0.29) is 12.2 Å². The van der Waals surface area contributed by atoms with E-state index in [0.717, 1.165) is 12.0 Å². The summed E-state index contributed by atoms with van der Waals surface area (Å²) in [5.41, 5.74) is 1.98. The van der Waals surface area contributed by atoms with Crippen LogP contribution in [0.1, 0.15) is 67.8 Å². The molecule has 1 aromatic carbocycles. The number of unbranched alkanes of at least 4 members (excludes halogenated alkanes) is 1. The molecule has 3 heteroatoms. The van der Waals surface area contributed by atoms with Crippen molar-refractivity contribution < 1.29 is 14.7 Å². The molecule has 0 fully saturated rings. The molecule has 0 aliphatic rings. The normalized spacial score (nSPS) is 12.1. The van der Waals surface area contributed by atoms with Crippen LogP contribution >= 0.6 is 0 Å². The molecule has 1 atom stereocenters. The molecule has 0 bridgehead atoms. The molecule has 0 amide bonds. The minimum atomic E-state index is -0.801. The highest BCUT2D eigenvalue weighted by Gasteiger charge is 2.08. The maximum Gasteiger partial charge on any atom is 0.303 e. The van der Waals surface area contributed by atoms with Crippen molar-refractivity contribution in [2.45, 2.75) is 51.9 Å². The van der Waals surface area contributed by atoms with Crippen molar-refractivity contribution in [3.63, 3.8) is 0 Å². The van der Waals surface area contributed by atoms with E-state index in [9.17, 15) is 9.59 Å². The van der Waals surface area contributed by atoms with Crippen molar-refractivity contribution in [1.82, 2.24) is 0 Å². The van der Waals surface area contributed by atoms with Crippen LogP contribution in [0.5, 0.6) is 0 Å². The lowest BCUT2D eigenvalue weighted by molar-refractivity contribution is -0.137. The molecule has 0 spiro atoms. The molecule has 0 aliphatic carbocycles. The Kier molecular flexibility index (Phi) is 6.26. The van der Waals surface area contributed by atoms with Crippen molar-refractivity contribution in [2.75, 3.05) is 0 Å². The molecule has 19 heavy (non-hydrogen) atoms. The molecule has 0 heterocycles. The summed E-state index contributed by atoms with van der Waals surface area (Å²) < 4.78 is 0. The lowest BCUT2D eigenvalue weighted by Crippen LogP contribution is -2.01. The largest absolute Gasteiger partial charge is 0.481 e. The van der Waals surface area contributed by atoms with Gasteiger partial charge < -0.3 is 5.11 Å². The van der Waals surface area contributed by atoms with Gasteiger partial charge in [0.25, 0.3) is 0 Å². The number of carbonyl (C=O) groups is 2. The number of aliphatic carboxylic acids is 1. The lowest BCUT2D eigenvalue weighted by atomic mass is 9.96. The van der Waals surface area contributed by atoms with Gasteiger partial charge in [-0.25, -0.2) is 0 Å². The Hall–Kier alpha value is -1.64. The topological polar surface area (TPSA) is 54.4 Å². The van der Waals surface area contributed by atoms with Crippen molar-refractivity contribution in [1.29, 1.82) is 0 Å².